The van der Waals surface area contributed by atoms with Gasteiger partial charge < -0.3 is 54.7 Å². The normalized spacial score (nSPS) is 50.0. The molecule has 0 radical (unpaired) electrons. The van der Waals surface area contributed by atoms with Gasteiger partial charge in [0, 0.05) is 7.11 Å². The smallest absolute Gasteiger partial charge is 0.187 e. The molecule has 0 saturated carbocycles. The van der Waals surface area contributed by atoms with Crippen LogP contribution < -0.4 is 0 Å². The molecule has 11 nitrogen and oxygen atoms in total. The Morgan fingerprint density at radius 2 is 1.25 bits per heavy atom. The largest absolute Gasteiger partial charge is 0.394 e. The SMILES string of the molecule is CO[C@@H]1O[C@@H](CO)[C@@H](O[C@@H]2OC(CO)[C@H](O)C(O)C2O)C(O)C1O. The first-order valence-corrected chi connectivity index (χ1v) is 7.46. The summed E-state index contributed by atoms with van der Waals surface area (Å²) in [7, 11) is 1.24. The van der Waals surface area contributed by atoms with Crippen molar-refractivity contribution >= 4 is 0 Å². The van der Waals surface area contributed by atoms with Crippen LogP contribution in [0.5, 0.6) is 0 Å². The van der Waals surface area contributed by atoms with Gasteiger partial charge in [-0.3, -0.25) is 0 Å². The third-order valence-corrected chi connectivity index (χ3v) is 4.19. The summed E-state index contributed by atoms with van der Waals surface area (Å²) >= 11 is 0. The molecule has 2 aliphatic rings. The third kappa shape index (κ3) is 3.71. The van der Waals surface area contributed by atoms with E-state index in [0.29, 0.717) is 0 Å². The fraction of sp³-hybridized carbons (Fsp3) is 1.00. The van der Waals surface area contributed by atoms with E-state index in [9.17, 15) is 30.6 Å². The lowest BCUT2D eigenvalue weighted by atomic mass is 9.97. The van der Waals surface area contributed by atoms with E-state index in [0.717, 1.165) is 0 Å². The molecule has 0 spiro atoms. The topological polar surface area (TPSA) is 179 Å². The zero-order valence-corrected chi connectivity index (χ0v) is 13.0. The Bertz CT molecular complexity index is 392. The van der Waals surface area contributed by atoms with Crippen molar-refractivity contribution in [1.82, 2.24) is 0 Å². The highest BCUT2D eigenvalue weighted by Crippen LogP contribution is 2.29. The lowest BCUT2D eigenvalue weighted by Gasteiger charge is -2.45. The predicted octanol–water partition coefficient (Wildman–Crippen LogP) is -4.74. The molecule has 0 aromatic heterocycles. The lowest BCUT2D eigenvalue weighted by molar-refractivity contribution is -0.357. The van der Waals surface area contributed by atoms with Gasteiger partial charge in [-0.2, -0.15) is 0 Å². The Labute approximate surface area is 137 Å². The second kappa shape index (κ2) is 8.29. The second-order valence-corrected chi connectivity index (χ2v) is 5.74. The van der Waals surface area contributed by atoms with Gasteiger partial charge in [-0.25, -0.2) is 0 Å². The molecule has 11 heteroatoms. The van der Waals surface area contributed by atoms with Crippen LogP contribution >= 0.6 is 0 Å². The minimum absolute atomic E-state index is 0.592. The maximum Gasteiger partial charge on any atom is 0.187 e. The van der Waals surface area contributed by atoms with Gasteiger partial charge in [0.25, 0.3) is 0 Å². The number of hydrogen-bond donors (Lipinski definition) is 7. The Kier molecular flexibility index (Phi) is 6.87. The van der Waals surface area contributed by atoms with Crippen molar-refractivity contribution in [3.63, 3.8) is 0 Å². The summed E-state index contributed by atoms with van der Waals surface area (Å²) in [5, 5.41) is 68.0. The summed E-state index contributed by atoms with van der Waals surface area (Å²) in [6.07, 6.45) is -14.3. The minimum atomic E-state index is -1.69. The zero-order valence-electron chi connectivity index (χ0n) is 13.0. The molecule has 24 heavy (non-hydrogen) atoms. The molecule has 10 atom stereocenters. The van der Waals surface area contributed by atoms with Crippen LogP contribution in [-0.2, 0) is 18.9 Å². The number of rotatable bonds is 5. The van der Waals surface area contributed by atoms with Gasteiger partial charge in [0.05, 0.1) is 13.2 Å². The first-order chi connectivity index (χ1) is 11.3. The van der Waals surface area contributed by atoms with Crippen molar-refractivity contribution in [2.45, 2.75) is 61.4 Å². The van der Waals surface area contributed by atoms with E-state index in [1.165, 1.54) is 7.11 Å². The van der Waals surface area contributed by atoms with Crippen molar-refractivity contribution in [3.8, 4) is 0 Å². The molecule has 0 aromatic carbocycles. The van der Waals surface area contributed by atoms with Gasteiger partial charge in [-0.05, 0) is 0 Å². The highest BCUT2D eigenvalue weighted by atomic mass is 16.7. The molecule has 0 bridgehead atoms. The Hall–Kier alpha value is -0.440. The number of ether oxygens (including phenoxy) is 4. The van der Waals surface area contributed by atoms with Crippen LogP contribution in [0.25, 0.3) is 0 Å². The molecule has 5 unspecified atom stereocenters. The van der Waals surface area contributed by atoms with Crippen molar-refractivity contribution in [2.24, 2.45) is 0 Å². The van der Waals surface area contributed by atoms with E-state index in [-0.39, 0.29) is 0 Å². The lowest BCUT2D eigenvalue weighted by Crippen LogP contribution is -2.64. The van der Waals surface area contributed by atoms with Gasteiger partial charge in [-0.1, -0.05) is 0 Å². The molecule has 0 aromatic rings. The maximum absolute atomic E-state index is 10.2. The van der Waals surface area contributed by atoms with Crippen LogP contribution in [0.15, 0.2) is 0 Å². The fourth-order valence-corrected chi connectivity index (χ4v) is 2.75. The molecular weight excluding hydrogens is 332 g/mol. The molecule has 2 aliphatic heterocycles. The highest BCUT2D eigenvalue weighted by molar-refractivity contribution is 4.93. The Morgan fingerprint density at radius 3 is 1.79 bits per heavy atom. The van der Waals surface area contributed by atoms with Gasteiger partial charge >= 0.3 is 0 Å². The third-order valence-electron chi connectivity index (χ3n) is 4.19. The van der Waals surface area contributed by atoms with Crippen molar-refractivity contribution < 1.29 is 54.7 Å². The van der Waals surface area contributed by atoms with Gasteiger partial charge in [0.2, 0.25) is 0 Å². The van der Waals surface area contributed by atoms with Crippen LogP contribution in [0, 0.1) is 0 Å². The van der Waals surface area contributed by atoms with E-state index >= 15 is 0 Å². The van der Waals surface area contributed by atoms with Crippen molar-refractivity contribution in [1.29, 1.82) is 0 Å². The molecule has 2 fully saturated rings. The van der Waals surface area contributed by atoms with Crippen LogP contribution in [0.2, 0.25) is 0 Å². The number of hydrogen-bond acceptors (Lipinski definition) is 11. The second-order valence-electron chi connectivity index (χ2n) is 5.74. The molecule has 2 saturated heterocycles. The molecule has 142 valence electrons. The monoisotopic (exact) mass is 356 g/mol. The maximum atomic E-state index is 10.2. The summed E-state index contributed by atoms with van der Waals surface area (Å²) in [5.74, 6) is 0. The fourth-order valence-electron chi connectivity index (χ4n) is 2.75. The average molecular weight is 356 g/mol. The summed E-state index contributed by atoms with van der Waals surface area (Å²) in [6.45, 7) is -1.24. The quantitative estimate of drug-likeness (QED) is 0.251. The molecular formula is C13H24O11. The van der Waals surface area contributed by atoms with Crippen LogP contribution in [0.3, 0.4) is 0 Å². The summed E-state index contributed by atoms with van der Waals surface area (Å²) in [4.78, 5) is 0. The minimum Gasteiger partial charge on any atom is -0.394 e. The van der Waals surface area contributed by atoms with E-state index < -0.39 is 74.6 Å². The Morgan fingerprint density at radius 1 is 0.708 bits per heavy atom. The van der Waals surface area contributed by atoms with Crippen LogP contribution in [0.1, 0.15) is 0 Å². The van der Waals surface area contributed by atoms with Crippen molar-refractivity contribution in [3.05, 3.63) is 0 Å². The van der Waals surface area contributed by atoms with Gasteiger partial charge in [0.15, 0.2) is 12.6 Å². The van der Waals surface area contributed by atoms with E-state index in [1.54, 1.807) is 0 Å². The first kappa shape index (κ1) is 19.9. The van der Waals surface area contributed by atoms with E-state index in [2.05, 4.69) is 0 Å². The standard InChI is InChI=1S/C13H24O11/c1-21-12-10(20)8(18)11(5(3-15)23-12)24-13-9(19)7(17)6(16)4(2-14)22-13/h4-20H,2-3H2,1H3/t4?,5-,6-,7?,8?,9?,10?,11+,12+,13-/m0/s1. The molecule has 0 aliphatic carbocycles. The van der Waals surface area contributed by atoms with Crippen LogP contribution in [-0.4, -0.2) is 117 Å². The van der Waals surface area contributed by atoms with Crippen LogP contribution in [0.4, 0.5) is 0 Å². The Balaban J connectivity index is 2.12. The molecule has 0 amide bonds. The molecule has 7 N–H and O–H groups in total. The van der Waals surface area contributed by atoms with Crippen molar-refractivity contribution in [2.75, 3.05) is 20.3 Å². The zero-order chi connectivity index (χ0) is 18.0. The van der Waals surface area contributed by atoms with Gasteiger partial charge in [-0.15, -0.1) is 0 Å². The number of aliphatic hydroxyl groups is 7. The van der Waals surface area contributed by atoms with E-state index in [1.807, 2.05) is 0 Å². The predicted molar refractivity (Wildman–Crippen MR) is 73.4 cm³/mol. The summed E-state index contributed by atoms with van der Waals surface area (Å²) in [5.41, 5.74) is 0. The van der Waals surface area contributed by atoms with Gasteiger partial charge in [0.1, 0.15) is 48.8 Å². The first-order valence-electron chi connectivity index (χ1n) is 7.46. The molecule has 2 rings (SSSR count). The summed E-state index contributed by atoms with van der Waals surface area (Å²) < 4.78 is 20.6. The highest BCUT2D eigenvalue weighted by Gasteiger charge is 2.50. The number of aliphatic hydroxyl groups excluding tert-OH is 7. The number of methoxy groups -OCH3 is 1. The average Bonchev–Trinajstić information content (AvgIpc) is 2.59. The van der Waals surface area contributed by atoms with E-state index in [4.69, 9.17) is 24.1 Å². The summed E-state index contributed by atoms with van der Waals surface area (Å²) in [6, 6.07) is 0. The molecule has 2 heterocycles.